The number of carbonyl (C=O) groups excluding carboxylic acids is 2. The third-order valence-corrected chi connectivity index (χ3v) is 3.76. The first-order chi connectivity index (χ1) is 12.9. The van der Waals surface area contributed by atoms with Crippen molar-refractivity contribution in [2.24, 2.45) is 0 Å². The van der Waals surface area contributed by atoms with Crippen molar-refractivity contribution in [3.05, 3.63) is 59.7 Å². The summed E-state index contributed by atoms with van der Waals surface area (Å²) in [6, 6.07) is 9.97. The van der Waals surface area contributed by atoms with Crippen molar-refractivity contribution in [3.8, 4) is 5.75 Å². The Balaban J connectivity index is 1.75. The molecule has 1 unspecified atom stereocenters. The Hall–Kier alpha value is -3.00. The number of amides is 2. The van der Waals surface area contributed by atoms with Gasteiger partial charge in [-0.1, -0.05) is 0 Å². The molecule has 6 nitrogen and oxygen atoms in total. The van der Waals surface area contributed by atoms with Crippen molar-refractivity contribution in [1.29, 1.82) is 0 Å². The molecule has 0 bridgehead atoms. The van der Waals surface area contributed by atoms with Gasteiger partial charge in [-0.05, 0) is 42.5 Å². The van der Waals surface area contributed by atoms with Gasteiger partial charge in [-0.2, -0.15) is 0 Å². The van der Waals surface area contributed by atoms with Gasteiger partial charge in [-0.15, -0.1) is 0 Å². The predicted molar refractivity (Wildman–Crippen MR) is 96.4 cm³/mol. The molecule has 0 fully saturated rings. The zero-order valence-electron chi connectivity index (χ0n) is 15.1. The molecule has 0 aromatic heterocycles. The summed E-state index contributed by atoms with van der Waals surface area (Å²) in [5, 5.41) is 5.07. The Kier molecular flexibility index (Phi) is 7.25. The fourth-order valence-corrected chi connectivity index (χ4v) is 2.48. The summed E-state index contributed by atoms with van der Waals surface area (Å²) in [5.41, 5.74) is 1.17. The van der Waals surface area contributed by atoms with Crippen molar-refractivity contribution in [2.75, 3.05) is 32.6 Å². The van der Waals surface area contributed by atoms with E-state index in [1.165, 1.54) is 43.5 Å². The highest BCUT2D eigenvalue weighted by molar-refractivity contribution is 5.94. The lowest BCUT2D eigenvalue weighted by Gasteiger charge is -2.14. The Morgan fingerprint density at radius 2 is 1.78 bits per heavy atom. The van der Waals surface area contributed by atoms with Crippen molar-refractivity contribution in [3.63, 3.8) is 0 Å². The highest BCUT2D eigenvalue weighted by Gasteiger charge is 2.13. The fourth-order valence-electron chi connectivity index (χ4n) is 2.48. The second kappa shape index (κ2) is 9.63. The van der Waals surface area contributed by atoms with Crippen LogP contribution < -0.4 is 20.3 Å². The third kappa shape index (κ3) is 6.67. The van der Waals surface area contributed by atoms with Crippen molar-refractivity contribution < 1.29 is 28.0 Å². The Labute approximate surface area is 156 Å². The van der Waals surface area contributed by atoms with E-state index in [9.17, 15) is 18.4 Å². The van der Waals surface area contributed by atoms with E-state index in [0.29, 0.717) is 12.2 Å². The van der Waals surface area contributed by atoms with Gasteiger partial charge in [0.15, 0.2) is 18.1 Å². The smallest absolute Gasteiger partial charge is 0.275 e. The second-order valence-corrected chi connectivity index (χ2v) is 6.11. The van der Waals surface area contributed by atoms with Crippen LogP contribution >= 0.6 is 0 Å². The standard InChI is InChI=1S/C19H21F2N3O3/c1-24(11-13-3-8-17(27-2)16(21)9-13)12-19(26)22-10-18(25)23-15-6-4-14(20)5-7-15/h3-9H,10-12H2,1-2H3,(H,22,26)(H,23,25)/p+1. The third-order valence-electron chi connectivity index (χ3n) is 3.76. The first kappa shape index (κ1) is 20.3. The van der Waals surface area contributed by atoms with Gasteiger partial charge in [-0.3, -0.25) is 9.59 Å². The topological polar surface area (TPSA) is 71.9 Å². The minimum absolute atomic E-state index is 0.122. The zero-order chi connectivity index (χ0) is 19.8. The number of anilines is 1. The van der Waals surface area contributed by atoms with Crippen molar-refractivity contribution in [2.45, 2.75) is 6.54 Å². The van der Waals surface area contributed by atoms with Gasteiger partial charge < -0.3 is 20.3 Å². The average Bonchev–Trinajstić information content (AvgIpc) is 2.62. The van der Waals surface area contributed by atoms with Crippen LogP contribution in [-0.4, -0.2) is 39.1 Å². The average molecular weight is 378 g/mol. The van der Waals surface area contributed by atoms with E-state index in [0.717, 1.165) is 10.5 Å². The molecule has 1 atom stereocenters. The van der Waals surface area contributed by atoms with Crippen LogP contribution in [0.3, 0.4) is 0 Å². The quantitative estimate of drug-likeness (QED) is 0.635. The molecule has 0 heterocycles. The lowest BCUT2D eigenvalue weighted by molar-refractivity contribution is -0.885. The molecule has 0 spiro atoms. The summed E-state index contributed by atoms with van der Waals surface area (Å²) in [6.07, 6.45) is 0. The SMILES string of the molecule is COc1ccc(C[NH+](C)CC(=O)NCC(=O)Nc2ccc(F)cc2)cc1F. The van der Waals surface area contributed by atoms with Crippen LogP contribution in [0.4, 0.5) is 14.5 Å². The molecule has 0 radical (unpaired) electrons. The maximum absolute atomic E-state index is 13.7. The van der Waals surface area contributed by atoms with Crippen LogP contribution in [0.1, 0.15) is 5.56 Å². The first-order valence-corrected chi connectivity index (χ1v) is 8.33. The monoisotopic (exact) mass is 378 g/mol. The summed E-state index contributed by atoms with van der Waals surface area (Å²) in [7, 11) is 3.19. The van der Waals surface area contributed by atoms with Gasteiger partial charge >= 0.3 is 0 Å². The van der Waals surface area contributed by atoms with Crippen molar-refractivity contribution in [1.82, 2.24) is 5.32 Å². The van der Waals surface area contributed by atoms with Gasteiger partial charge in [0.2, 0.25) is 5.91 Å². The number of halogens is 2. The summed E-state index contributed by atoms with van der Waals surface area (Å²) < 4.78 is 31.4. The number of methoxy groups -OCH3 is 1. The molecular formula is C19H22F2N3O3+. The number of benzene rings is 2. The molecule has 144 valence electrons. The molecule has 0 saturated carbocycles. The van der Waals surface area contributed by atoms with Crippen molar-refractivity contribution >= 4 is 17.5 Å². The second-order valence-electron chi connectivity index (χ2n) is 6.11. The van der Waals surface area contributed by atoms with E-state index in [1.54, 1.807) is 13.1 Å². The molecule has 2 aromatic carbocycles. The Bertz CT molecular complexity index is 797. The van der Waals surface area contributed by atoms with E-state index in [-0.39, 0.29) is 24.7 Å². The molecule has 0 aliphatic heterocycles. The lowest BCUT2D eigenvalue weighted by Crippen LogP contribution is -3.08. The first-order valence-electron chi connectivity index (χ1n) is 8.33. The summed E-state index contributed by atoms with van der Waals surface area (Å²) in [6.45, 7) is 0.369. The van der Waals surface area contributed by atoms with Gasteiger partial charge in [0, 0.05) is 11.3 Å². The van der Waals surface area contributed by atoms with Crippen LogP contribution in [0.15, 0.2) is 42.5 Å². The van der Waals surface area contributed by atoms with Crippen LogP contribution in [0.25, 0.3) is 0 Å². The molecule has 2 amide bonds. The zero-order valence-corrected chi connectivity index (χ0v) is 15.1. The van der Waals surface area contributed by atoms with E-state index in [2.05, 4.69) is 10.6 Å². The lowest BCUT2D eigenvalue weighted by atomic mass is 10.2. The number of likely N-dealkylation sites (N-methyl/N-ethyl adjacent to an activating group) is 1. The highest BCUT2D eigenvalue weighted by Crippen LogP contribution is 2.17. The minimum atomic E-state index is -0.454. The van der Waals surface area contributed by atoms with Crippen LogP contribution in [-0.2, 0) is 16.1 Å². The minimum Gasteiger partial charge on any atom is -0.494 e. The number of hydrogen-bond acceptors (Lipinski definition) is 3. The molecule has 0 aliphatic rings. The molecule has 0 saturated heterocycles. The van der Waals surface area contributed by atoms with Gasteiger partial charge in [0.25, 0.3) is 5.91 Å². The summed E-state index contributed by atoms with van der Waals surface area (Å²) in [4.78, 5) is 24.6. The number of carbonyl (C=O) groups is 2. The van der Waals surface area contributed by atoms with E-state index in [1.807, 2.05) is 0 Å². The number of ether oxygens (including phenoxy) is 1. The largest absolute Gasteiger partial charge is 0.494 e. The molecule has 3 N–H and O–H groups in total. The van der Waals surface area contributed by atoms with Gasteiger partial charge in [-0.25, -0.2) is 8.78 Å². The molecule has 0 aliphatic carbocycles. The molecular weight excluding hydrogens is 356 g/mol. The molecule has 2 aromatic rings. The Morgan fingerprint density at radius 1 is 1.07 bits per heavy atom. The van der Waals surface area contributed by atoms with E-state index < -0.39 is 17.5 Å². The molecule has 2 rings (SSSR count). The van der Waals surface area contributed by atoms with Gasteiger partial charge in [0.1, 0.15) is 12.4 Å². The number of rotatable bonds is 8. The highest BCUT2D eigenvalue weighted by atomic mass is 19.1. The van der Waals surface area contributed by atoms with Crippen LogP contribution in [0, 0.1) is 11.6 Å². The number of nitrogens with one attached hydrogen (secondary N) is 3. The maximum Gasteiger partial charge on any atom is 0.275 e. The van der Waals surface area contributed by atoms with E-state index >= 15 is 0 Å². The number of hydrogen-bond donors (Lipinski definition) is 3. The van der Waals surface area contributed by atoms with E-state index in [4.69, 9.17) is 4.74 Å². The molecule has 27 heavy (non-hydrogen) atoms. The normalized spacial score (nSPS) is 11.6. The maximum atomic E-state index is 13.7. The molecule has 8 heteroatoms. The summed E-state index contributed by atoms with van der Waals surface area (Å²) >= 11 is 0. The fraction of sp³-hybridized carbons (Fsp3) is 0.263. The summed E-state index contributed by atoms with van der Waals surface area (Å²) in [5.74, 6) is -1.41. The number of quaternary nitrogens is 1. The Morgan fingerprint density at radius 3 is 2.41 bits per heavy atom. The van der Waals surface area contributed by atoms with Gasteiger partial charge in [0.05, 0.1) is 20.7 Å². The van der Waals surface area contributed by atoms with Crippen LogP contribution in [0.2, 0.25) is 0 Å². The van der Waals surface area contributed by atoms with Crippen LogP contribution in [0.5, 0.6) is 5.75 Å². The predicted octanol–water partition coefficient (Wildman–Crippen LogP) is 0.743.